The number of nitrogens with one attached hydrogen (secondary N) is 2. The van der Waals surface area contributed by atoms with Crippen molar-refractivity contribution in [3.8, 4) is 11.5 Å². The molecule has 2 rings (SSSR count). The molecule has 0 fully saturated rings. The maximum atomic E-state index is 11.7. The lowest BCUT2D eigenvalue weighted by molar-refractivity contribution is -0.139. The highest BCUT2D eigenvalue weighted by molar-refractivity contribution is 6.35. The molecule has 0 saturated heterocycles. The maximum absolute atomic E-state index is 11.7. The number of hydrogen-bond acceptors (Lipinski definition) is 5. The molecule has 24 heavy (non-hydrogen) atoms. The van der Waals surface area contributed by atoms with E-state index in [9.17, 15) is 14.7 Å². The minimum Gasteiger partial charge on any atom is -0.504 e. The lowest BCUT2D eigenvalue weighted by Crippen LogP contribution is -2.37. The van der Waals surface area contributed by atoms with E-state index in [4.69, 9.17) is 4.74 Å². The van der Waals surface area contributed by atoms with Crippen LogP contribution in [-0.4, -0.2) is 30.2 Å². The molecule has 0 aliphatic rings. The van der Waals surface area contributed by atoms with Gasteiger partial charge in [-0.2, -0.15) is 5.10 Å². The fourth-order valence-electron chi connectivity index (χ4n) is 1.88. The number of rotatable bonds is 5. The van der Waals surface area contributed by atoms with Gasteiger partial charge in [-0.1, -0.05) is 36.4 Å². The Labute approximate surface area is 139 Å². The Morgan fingerprint density at radius 1 is 1.12 bits per heavy atom. The molecule has 0 radical (unpaired) electrons. The number of amides is 2. The predicted octanol–water partition coefficient (Wildman–Crippen LogP) is 1.17. The first-order valence-corrected chi connectivity index (χ1v) is 7.13. The summed E-state index contributed by atoms with van der Waals surface area (Å²) in [6.45, 7) is 0.244. The second-order valence-electron chi connectivity index (χ2n) is 4.77. The number of nitrogens with zero attached hydrogens (tertiary/aromatic N) is 1. The van der Waals surface area contributed by atoms with Crippen molar-refractivity contribution in [1.82, 2.24) is 10.7 Å². The number of carbonyl (C=O) groups excluding carboxylic acids is 2. The summed E-state index contributed by atoms with van der Waals surface area (Å²) in [7, 11) is 1.43. The molecule has 3 N–H and O–H groups in total. The first-order valence-electron chi connectivity index (χ1n) is 7.13. The third-order valence-electron chi connectivity index (χ3n) is 3.12. The highest BCUT2D eigenvalue weighted by Crippen LogP contribution is 2.27. The van der Waals surface area contributed by atoms with Crippen molar-refractivity contribution < 1.29 is 19.4 Å². The molecule has 0 aliphatic carbocycles. The van der Waals surface area contributed by atoms with Crippen molar-refractivity contribution >= 4 is 18.0 Å². The third-order valence-corrected chi connectivity index (χ3v) is 3.12. The molecule has 0 unspecified atom stereocenters. The van der Waals surface area contributed by atoms with Crippen LogP contribution in [-0.2, 0) is 16.1 Å². The summed E-state index contributed by atoms with van der Waals surface area (Å²) in [4.78, 5) is 23.3. The Hall–Kier alpha value is -3.35. The van der Waals surface area contributed by atoms with E-state index < -0.39 is 11.8 Å². The van der Waals surface area contributed by atoms with Gasteiger partial charge in [-0.15, -0.1) is 0 Å². The zero-order chi connectivity index (χ0) is 17.4. The number of hydrazone groups is 1. The Morgan fingerprint density at radius 3 is 2.58 bits per heavy atom. The molecule has 0 bridgehead atoms. The van der Waals surface area contributed by atoms with Gasteiger partial charge in [0.25, 0.3) is 0 Å². The number of benzene rings is 2. The van der Waals surface area contributed by atoms with Crippen LogP contribution in [0.3, 0.4) is 0 Å². The molecule has 7 heteroatoms. The Balaban J connectivity index is 1.87. The summed E-state index contributed by atoms with van der Waals surface area (Å²) in [6.07, 6.45) is 1.22. The maximum Gasteiger partial charge on any atom is 0.329 e. The van der Waals surface area contributed by atoms with E-state index in [1.807, 2.05) is 30.3 Å². The molecule has 2 aromatic rings. The van der Waals surface area contributed by atoms with Gasteiger partial charge in [0.1, 0.15) is 0 Å². The molecule has 7 nitrogen and oxygen atoms in total. The van der Waals surface area contributed by atoms with Crippen LogP contribution in [0.15, 0.2) is 53.6 Å². The van der Waals surface area contributed by atoms with Crippen LogP contribution >= 0.6 is 0 Å². The summed E-state index contributed by atoms with van der Waals surface area (Å²) in [6, 6.07) is 14.0. The van der Waals surface area contributed by atoms with Crippen LogP contribution in [0.1, 0.15) is 11.1 Å². The summed E-state index contributed by atoms with van der Waals surface area (Å²) < 4.78 is 4.96. The van der Waals surface area contributed by atoms with E-state index in [0.29, 0.717) is 5.56 Å². The Morgan fingerprint density at radius 2 is 1.88 bits per heavy atom. The fraction of sp³-hybridized carbons (Fsp3) is 0.118. The molecule has 0 spiro atoms. The average Bonchev–Trinajstić information content (AvgIpc) is 2.61. The molecule has 0 aromatic heterocycles. The van der Waals surface area contributed by atoms with Gasteiger partial charge >= 0.3 is 11.8 Å². The van der Waals surface area contributed by atoms with Crippen LogP contribution in [0, 0.1) is 0 Å². The van der Waals surface area contributed by atoms with Gasteiger partial charge in [-0.25, -0.2) is 5.43 Å². The normalized spacial score (nSPS) is 10.4. The lowest BCUT2D eigenvalue weighted by Gasteiger charge is -2.05. The van der Waals surface area contributed by atoms with E-state index in [0.717, 1.165) is 5.56 Å². The van der Waals surface area contributed by atoms with Gasteiger partial charge in [0.15, 0.2) is 11.5 Å². The first-order chi connectivity index (χ1) is 11.6. The van der Waals surface area contributed by atoms with E-state index in [1.54, 1.807) is 18.2 Å². The zero-order valence-corrected chi connectivity index (χ0v) is 13.0. The van der Waals surface area contributed by atoms with E-state index in [-0.39, 0.29) is 18.0 Å². The minimum atomic E-state index is -0.899. The molecule has 0 heterocycles. The number of phenolic OH excluding ortho intramolecular Hbond substituents is 1. The van der Waals surface area contributed by atoms with Crippen molar-refractivity contribution in [2.24, 2.45) is 5.10 Å². The van der Waals surface area contributed by atoms with Gasteiger partial charge < -0.3 is 15.2 Å². The molecular formula is C17H17N3O4. The number of para-hydroxylation sites is 1. The third kappa shape index (κ3) is 4.57. The van der Waals surface area contributed by atoms with Gasteiger partial charge in [0.2, 0.25) is 0 Å². The lowest BCUT2D eigenvalue weighted by atomic mass is 10.2. The minimum absolute atomic E-state index is 0.105. The number of methoxy groups -OCH3 is 1. The first kappa shape index (κ1) is 17.0. The van der Waals surface area contributed by atoms with Crippen molar-refractivity contribution in [3.63, 3.8) is 0 Å². The van der Waals surface area contributed by atoms with E-state index in [1.165, 1.54) is 13.3 Å². The van der Waals surface area contributed by atoms with Crippen LogP contribution in [0.5, 0.6) is 11.5 Å². The second kappa shape index (κ2) is 8.33. The largest absolute Gasteiger partial charge is 0.504 e. The van der Waals surface area contributed by atoms with Gasteiger partial charge in [0.05, 0.1) is 13.3 Å². The number of carbonyl (C=O) groups is 2. The molecule has 2 aromatic carbocycles. The van der Waals surface area contributed by atoms with E-state index >= 15 is 0 Å². The standard InChI is InChI=1S/C17H17N3O4/c1-24-14-9-5-8-13(15(14)21)11-19-20-17(23)16(22)18-10-12-6-3-2-4-7-12/h2-9,11,21H,10H2,1H3,(H,18,22)(H,20,23). The van der Waals surface area contributed by atoms with Gasteiger partial charge in [0, 0.05) is 12.1 Å². The molecule has 0 atom stereocenters. The van der Waals surface area contributed by atoms with Crippen LogP contribution in [0.2, 0.25) is 0 Å². The van der Waals surface area contributed by atoms with Crippen molar-refractivity contribution in [2.75, 3.05) is 7.11 Å². The van der Waals surface area contributed by atoms with Crippen LogP contribution < -0.4 is 15.5 Å². The predicted molar refractivity (Wildman–Crippen MR) is 88.7 cm³/mol. The quantitative estimate of drug-likeness (QED) is 0.436. The van der Waals surface area contributed by atoms with Crippen LogP contribution in [0.25, 0.3) is 0 Å². The molecule has 2 amide bonds. The topological polar surface area (TPSA) is 100 Å². The number of hydrogen-bond donors (Lipinski definition) is 3. The van der Waals surface area contributed by atoms with E-state index in [2.05, 4.69) is 15.8 Å². The molecule has 0 aliphatic heterocycles. The summed E-state index contributed by atoms with van der Waals surface area (Å²) in [5.74, 6) is -1.52. The number of phenols is 1. The van der Waals surface area contributed by atoms with Crippen molar-refractivity contribution in [1.29, 1.82) is 0 Å². The molecule has 0 saturated carbocycles. The average molecular weight is 327 g/mol. The summed E-state index contributed by atoms with van der Waals surface area (Å²) >= 11 is 0. The fourth-order valence-corrected chi connectivity index (χ4v) is 1.88. The number of aromatic hydroxyl groups is 1. The number of ether oxygens (including phenoxy) is 1. The summed E-state index contributed by atoms with van der Waals surface area (Å²) in [5.41, 5.74) is 3.32. The Kier molecular flexibility index (Phi) is 5.90. The highest BCUT2D eigenvalue weighted by atomic mass is 16.5. The summed E-state index contributed by atoms with van der Waals surface area (Å²) in [5, 5.41) is 16.0. The molecular weight excluding hydrogens is 310 g/mol. The van der Waals surface area contributed by atoms with Gasteiger partial charge in [-0.3, -0.25) is 9.59 Å². The second-order valence-corrected chi connectivity index (χ2v) is 4.77. The van der Waals surface area contributed by atoms with Crippen molar-refractivity contribution in [2.45, 2.75) is 6.54 Å². The molecule has 124 valence electrons. The zero-order valence-electron chi connectivity index (χ0n) is 13.0. The van der Waals surface area contributed by atoms with Crippen LogP contribution in [0.4, 0.5) is 0 Å². The smallest absolute Gasteiger partial charge is 0.329 e. The SMILES string of the molecule is COc1cccc(C=NNC(=O)C(=O)NCc2ccccc2)c1O. The Bertz CT molecular complexity index is 745. The van der Waals surface area contributed by atoms with Crippen molar-refractivity contribution in [3.05, 3.63) is 59.7 Å². The highest BCUT2D eigenvalue weighted by Gasteiger charge is 2.12. The monoisotopic (exact) mass is 327 g/mol. The van der Waals surface area contributed by atoms with Gasteiger partial charge in [-0.05, 0) is 17.7 Å².